The van der Waals surface area contributed by atoms with Crippen molar-refractivity contribution in [2.75, 3.05) is 17.2 Å². The summed E-state index contributed by atoms with van der Waals surface area (Å²) in [4.78, 5) is 11.0. The van der Waals surface area contributed by atoms with Crippen molar-refractivity contribution in [2.24, 2.45) is 5.92 Å². The molecule has 0 spiro atoms. The molecule has 5 heteroatoms. The number of rotatable bonds is 6. The van der Waals surface area contributed by atoms with Crippen molar-refractivity contribution < 1.29 is 4.92 Å². The Labute approximate surface area is 113 Å². The normalized spacial score (nSPS) is 21.6. The fourth-order valence-corrected chi connectivity index (χ4v) is 2.50. The second-order valence-corrected chi connectivity index (χ2v) is 5.30. The summed E-state index contributed by atoms with van der Waals surface area (Å²) in [5.74, 6) is 0.720. The standard InChI is InChI=1S/C14H21N3O2/c1-3-7-15-12-5-4-6-13(14(12)17(18)19)16-11-8-10(2)9-11/h4-6,10-11,15-16H,3,7-9H2,1-2H3. The Balaban J connectivity index is 2.18. The Morgan fingerprint density at radius 3 is 2.63 bits per heavy atom. The van der Waals surface area contributed by atoms with Gasteiger partial charge in [-0.15, -0.1) is 0 Å². The molecule has 0 aromatic heterocycles. The number of nitro groups is 1. The van der Waals surface area contributed by atoms with Crippen LogP contribution in [0, 0.1) is 16.0 Å². The number of nitro benzene ring substituents is 1. The van der Waals surface area contributed by atoms with E-state index in [1.807, 2.05) is 13.0 Å². The van der Waals surface area contributed by atoms with Crippen molar-refractivity contribution >= 4 is 17.1 Å². The Hall–Kier alpha value is -1.78. The van der Waals surface area contributed by atoms with Crippen LogP contribution in [0.25, 0.3) is 0 Å². The van der Waals surface area contributed by atoms with Crippen molar-refractivity contribution in [1.82, 2.24) is 0 Å². The maximum atomic E-state index is 11.3. The first-order valence-corrected chi connectivity index (χ1v) is 6.89. The van der Waals surface area contributed by atoms with Gasteiger partial charge < -0.3 is 10.6 Å². The number of nitrogens with one attached hydrogen (secondary N) is 2. The van der Waals surface area contributed by atoms with Gasteiger partial charge in [0, 0.05) is 12.6 Å². The molecule has 0 radical (unpaired) electrons. The zero-order valence-electron chi connectivity index (χ0n) is 11.5. The zero-order valence-corrected chi connectivity index (χ0v) is 11.5. The van der Waals surface area contributed by atoms with Gasteiger partial charge in [-0.2, -0.15) is 0 Å². The SMILES string of the molecule is CCCNc1cccc(NC2CC(C)C2)c1[N+](=O)[O-]. The van der Waals surface area contributed by atoms with Gasteiger partial charge in [0.25, 0.3) is 0 Å². The molecule has 1 fully saturated rings. The van der Waals surface area contributed by atoms with Gasteiger partial charge in [0.2, 0.25) is 0 Å². The highest BCUT2D eigenvalue weighted by molar-refractivity contribution is 5.76. The molecule has 1 saturated carbocycles. The van der Waals surface area contributed by atoms with Crippen LogP contribution >= 0.6 is 0 Å². The van der Waals surface area contributed by atoms with Crippen LogP contribution in [0.3, 0.4) is 0 Å². The molecule has 0 bridgehead atoms. The van der Waals surface area contributed by atoms with Crippen LogP contribution in [0.1, 0.15) is 33.1 Å². The van der Waals surface area contributed by atoms with E-state index < -0.39 is 0 Å². The summed E-state index contributed by atoms with van der Waals surface area (Å²) >= 11 is 0. The lowest BCUT2D eigenvalue weighted by molar-refractivity contribution is -0.383. The van der Waals surface area contributed by atoms with E-state index >= 15 is 0 Å². The molecule has 0 saturated heterocycles. The molecule has 0 atom stereocenters. The molecule has 5 nitrogen and oxygen atoms in total. The zero-order chi connectivity index (χ0) is 13.8. The number of anilines is 2. The van der Waals surface area contributed by atoms with Gasteiger partial charge >= 0.3 is 5.69 Å². The third-order valence-corrected chi connectivity index (χ3v) is 3.52. The molecule has 1 aromatic carbocycles. The highest BCUT2D eigenvalue weighted by Crippen LogP contribution is 2.36. The quantitative estimate of drug-likeness (QED) is 0.607. The minimum atomic E-state index is -0.303. The van der Waals surface area contributed by atoms with E-state index in [9.17, 15) is 10.1 Å². The molecule has 2 rings (SSSR count). The van der Waals surface area contributed by atoms with Crippen LogP contribution in [-0.4, -0.2) is 17.5 Å². The predicted molar refractivity (Wildman–Crippen MR) is 77.7 cm³/mol. The first-order valence-electron chi connectivity index (χ1n) is 6.89. The predicted octanol–water partition coefficient (Wildman–Crippen LogP) is 3.63. The minimum absolute atomic E-state index is 0.163. The average molecular weight is 263 g/mol. The summed E-state index contributed by atoms with van der Waals surface area (Å²) in [7, 11) is 0. The van der Waals surface area contributed by atoms with Crippen molar-refractivity contribution in [1.29, 1.82) is 0 Å². The highest BCUT2D eigenvalue weighted by Gasteiger charge is 2.28. The summed E-state index contributed by atoms with van der Waals surface area (Å²) in [6, 6.07) is 5.78. The van der Waals surface area contributed by atoms with Crippen LogP contribution in [0.4, 0.5) is 17.1 Å². The molecule has 0 amide bonds. The van der Waals surface area contributed by atoms with Gasteiger partial charge in [0.05, 0.1) is 4.92 Å². The lowest BCUT2D eigenvalue weighted by Crippen LogP contribution is -2.34. The number of nitrogens with zero attached hydrogens (tertiary/aromatic N) is 1. The third kappa shape index (κ3) is 3.16. The highest BCUT2D eigenvalue weighted by atomic mass is 16.6. The molecule has 0 aliphatic heterocycles. The largest absolute Gasteiger partial charge is 0.379 e. The van der Waals surface area contributed by atoms with Crippen LogP contribution in [0.2, 0.25) is 0 Å². The second kappa shape index (κ2) is 5.91. The van der Waals surface area contributed by atoms with Crippen molar-refractivity contribution in [3.63, 3.8) is 0 Å². The minimum Gasteiger partial charge on any atom is -0.379 e. The Morgan fingerprint density at radius 1 is 1.37 bits per heavy atom. The summed E-state index contributed by atoms with van der Waals surface area (Å²) in [5.41, 5.74) is 1.39. The molecule has 0 heterocycles. The molecular weight excluding hydrogens is 242 g/mol. The third-order valence-electron chi connectivity index (χ3n) is 3.52. The fourth-order valence-electron chi connectivity index (χ4n) is 2.50. The summed E-state index contributed by atoms with van der Waals surface area (Å²) in [6.07, 6.45) is 3.11. The molecule has 104 valence electrons. The Morgan fingerprint density at radius 2 is 2.05 bits per heavy atom. The van der Waals surface area contributed by atoms with E-state index in [0.29, 0.717) is 17.4 Å². The lowest BCUT2D eigenvalue weighted by atomic mass is 9.82. The average Bonchev–Trinajstić information content (AvgIpc) is 2.34. The second-order valence-electron chi connectivity index (χ2n) is 5.30. The van der Waals surface area contributed by atoms with Crippen LogP contribution < -0.4 is 10.6 Å². The maximum Gasteiger partial charge on any atom is 0.315 e. The molecule has 0 unspecified atom stereocenters. The summed E-state index contributed by atoms with van der Waals surface area (Å²) in [6.45, 7) is 4.98. The molecule has 1 aliphatic rings. The first-order chi connectivity index (χ1) is 9.11. The smallest absolute Gasteiger partial charge is 0.315 e. The van der Waals surface area contributed by atoms with Crippen molar-refractivity contribution in [3.8, 4) is 0 Å². The molecule has 1 aliphatic carbocycles. The van der Waals surface area contributed by atoms with E-state index in [-0.39, 0.29) is 10.6 Å². The van der Waals surface area contributed by atoms with E-state index in [0.717, 1.165) is 31.7 Å². The lowest BCUT2D eigenvalue weighted by Gasteiger charge is -2.34. The van der Waals surface area contributed by atoms with Crippen LogP contribution in [0.15, 0.2) is 18.2 Å². The molecule has 1 aromatic rings. The van der Waals surface area contributed by atoms with E-state index in [4.69, 9.17) is 0 Å². The van der Waals surface area contributed by atoms with Gasteiger partial charge in [-0.1, -0.05) is 19.9 Å². The van der Waals surface area contributed by atoms with E-state index in [2.05, 4.69) is 17.6 Å². The van der Waals surface area contributed by atoms with Gasteiger partial charge in [0.15, 0.2) is 0 Å². The number of para-hydroxylation sites is 1. The monoisotopic (exact) mass is 263 g/mol. The summed E-state index contributed by atoms with van der Waals surface area (Å²) < 4.78 is 0. The number of benzene rings is 1. The number of hydrogen-bond donors (Lipinski definition) is 2. The van der Waals surface area contributed by atoms with Crippen LogP contribution in [0.5, 0.6) is 0 Å². The van der Waals surface area contributed by atoms with Gasteiger partial charge in [-0.3, -0.25) is 10.1 Å². The van der Waals surface area contributed by atoms with Gasteiger partial charge in [0.1, 0.15) is 11.4 Å². The number of hydrogen-bond acceptors (Lipinski definition) is 4. The van der Waals surface area contributed by atoms with E-state index in [1.165, 1.54) is 0 Å². The topological polar surface area (TPSA) is 67.2 Å². The molecule has 19 heavy (non-hydrogen) atoms. The maximum absolute atomic E-state index is 11.3. The fraction of sp³-hybridized carbons (Fsp3) is 0.571. The van der Waals surface area contributed by atoms with Gasteiger partial charge in [-0.25, -0.2) is 0 Å². The van der Waals surface area contributed by atoms with Gasteiger partial charge in [-0.05, 0) is 37.3 Å². The van der Waals surface area contributed by atoms with Crippen LogP contribution in [-0.2, 0) is 0 Å². The van der Waals surface area contributed by atoms with Crippen molar-refractivity contribution in [2.45, 2.75) is 39.2 Å². The van der Waals surface area contributed by atoms with E-state index in [1.54, 1.807) is 12.1 Å². The van der Waals surface area contributed by atoms with Crippen molar-refractivity contribution in [3.05, 3.63) is 28.3 Å². The first kappa shape index (κ1) is 13.6. The molecule has 2 N–H and O–H groups in total. The molecular formula is C14H21N3O2. The Kier molecular flexibility index (Phi) is 4.24. The summed E-state index contributed by atoms with van der Waals surface area (Å²) in [5, 5.41) is 17.7. The Bertz CT molecular complexity index is 456.